The molecular formula is C15H23NO4Si. The molecule has 0 radical (unpaired) electrons. The van der Waals surface area contributed by atoms with Crippen LogP contribution < -0.4 is 5.32 Å². The first kappa shape index (κ1) is 17.2. The first-order valence-corrected chi connectivity index (χ1v) is 10.6. The van der Waals surface area contributed by atoms with Gasteiger partial charge in [-0.2, -0.15) is 0 Å². The highest BCUT2D eigenvalue weighted by molar-refractivity contribution is 6.80. The zero-order valence-electron chi connectivity index (χ0n) is 13.0. The van der Waals surface area contributed by atoms with Crippen molar-refractivity contribution in [3.63, 3.8) is 0 Å². The Bertz CT molecular complexity index is 470. The Morgan fingerprint density at radius 1 is 1.14 bits per heavy atom. The van der Waals surface area contributed by atoms with Crippen molar-refractivity contribution in [1.82, 2.24) is 5.32 Å². The van der Waals surface area contributed by atoms with Crippen molar-refractivity contribution in [2.75, 3.05) is 6.61 Å². The number of hydrogen-bond donors (Lipinski definition) is 1. The summed E-state index contributed by atoms with van der Waals surface area (Å²) in [4.78, 5) is 23.8. The van der Waals surface area contributed by atoms with E-state index >= 15 is 0 Å². The molecule has 0 saturated heterocycles. The van der Waals surface area contributed by atoms with Crippen molar-refractivity contribution in [3.8, 4) is 0 Å². The molecule has 0 spiro atoms. The molecule has 0 heterocycles. The number of ether oxygens (including phenoxy) is 2. The van der Waals surface area contributed by atoms with Gasteiger partial charge in [0, 0.05) is 0 Å². The number of carbonyl (C=O) groups is 2. The van der Waals surface area contributed by atoms with Gasteiger partial charge < -0.3 is 14.8 Å². The predicted octanol–water partition coefficient (Wildman–Crippen LogP) is 2.72. The van der Waals surface area contributed by atoms with Crippen LogP contribution in [0, 0.1) is 0 Å². The Labute approximate surface area is 126 Å². The van der Waals surface area contributed by atoms with Gasteiger partial charge in [0.15, 0.2) is 0 Å². The third-order valence-electron chi connectivity index (χ3n) is 2.86. The summed E-state index contributed by atoms with van der Waals surface area (Å²) in [6, 6.07) is 9.38. The molecule has 116 valence electrons. The fourth-order valence-corrected chi connectivity index (χ4v) is 3.08. The molecular weight excluding hydrogens is 286 g/mol. The van der Waals surface area contributed by atoms with E-state index in [-0.39, 0.29) is 6.61 Å². The summed E-state index contributed by atoms with van der Waals surface area (Å²) in [6.45, 7) is 8.19. The molecule has 1 unspecified atom stereocenters. The molecule has 0 bridgehead atoms. The van der Waals surface area contributed by atoms with E-state index in [0.717, 1.165) is 5.56 Å². The Morgan fingerprint density at radius 3 is 2.29 bits per heavy atom. The third kappa shape index (κ3) is 5.99. The average molecular weight is 309 g/mol. The molecule has 0 fully saturated rings. The van der Waals surface area contributed by atoms with E-state index in [9.17, 15) is 9.59 Å². The topological polar surface area (TPSA) is 64.6 Å². The maximum atomic E-state index is 11.9. The molecule has 0 saturated carbocycles. The maximum Gasteiger partial charge on any atom is 0.407 e. The van der Waals surface area contributed by atoms with Crippen LogP contribution in [0.25, 0.3) is 0 Å². The minimum absolute atomic E-state index is 0.175. The fourth-order valence-electron chi connectivity index (χ4n) is 1.74. The minimum Gasteiger partial charge on any atom is -0.465 e. The summed E-state index contributed by atoms with van der Waals surface area (Å²) in [6.07, 6.45) is -0.598. The van der Waals surface area contributed by atoms with Gasteiger partial charge in [0.25, 0.3) is 0 Å². The van der Waals surface area contributed by atoms with Crippen molar-refractivity contribution in [3.05, 3.63) is 35.9 Å². The van der Waals surface area contributed by atoms with E-state index in [2.05, 4.69) is 5.32 Å². The van der Waals surface area contributed by atoms with Crippen LogP contribution in [0.4, 0.5) is 4.79 Å². The molecule has 1 amide bonds. The first-order valence-electron chi connectivity index (χ1n) is 6.98. The van der Waals surface area contributed by atoms with Crippen LogP contribution in [0.2, 0.25) is 19.6 Å². The monoisotopic (exact) mass is 309 g/mol. The fraction of sp³-hybridized carbons (Fsp3) is 0.467. The summed E-state index contributed by atoms with van der Waals surface area (Å²) in [5, 5.41) is 2.64. The molecule has 1 aromatic rings. The van der Waals surface area contributed by atoms with E-state index in [1.807, 2.05) is 50.0 Å². The largest absolute Gasteiger partial charge is 0.465 e. The number of carbonyl (C=O) groups excluding carboxylic acids is 2. The van der Waals surface area contributed by atoms with Crippen LogP contribution >= 0.6 is 0 Å². The molecule has 1 aromatic carbocycles. The van der Waals surface area contributed by atoms with E-state index in [4.69, 9.17) is 9.47 Å². The molecule has 5 nitrogen and oxygen atoms in total. The van der Waals surface area contributed by atoms with E-state index in [1.54, 1.807) is 6.92 Å². The number of benzene rings is 1. The summed E-state index contributed by atoms with van der Waals surface area (Å²) in [7, 11) is -1.94. The number of esters is 1. The third-order valence-corrected chi connectivity index (χ3v) is 4.98. The lowest BCUT2D eigenvalue weighted by atomic mass is 10.2. The molecule has 1 N–H and O–H groups in total. The van der Waals surface area contributed by atoms with Gasteiger partial charge in [0.1, 0.15) is 12.3 Å². The Balaban J connectivity index is 2.58. The first-order chi connectivity index (χ1) is 9.84. The second kappa shape index (κ2) is 7.83. The van der Waals surface area contributed by atoms with Crippen LogP contribution in [-0.4, -0.2) is 32.4 Å². The predicted molar refractivity (Wildman–Crippen MR) is 83.5 cm³/mol. The van der Waals surface area contributed by atoms with Crippen molar-refractivity contribution in [1.29, 1.82) is 0 Å². The second-order valence-corrected chi connectivity index (χ2v) is 11.1. The number of hydrogen-bond acceptors (Lipinski definition) is 4. The van der Waals surface area contributed by atoms with Crippen LogP contribution in [-0.2, 0) is 20.9 Å². The van der Waals surface area contributed by atoms with Crippen LogP contribution in [0.3, 0.4) is 0 Å². The standard InChI is InChI=1S/C15H23NO4Si/c1-5-19-14(17)13(21(2,3)4)16-15(18)20-11-12-9-7-6-8-10-12/h6-10,13H,5,11H2,1-4H3,(H,16,18). The SMILES string of the molecule is CCOC(=O)C(NC(=O)OCc1ccccc1)[Si](C)(C)C. The number of alkyl carbamates (subject to hydrolysis) is 1. The van der Waals surface area contributed by atoms with E-state index < -0.39 is 25.8 Å². The molecule has 0 aromatic heterocycles. The quantitative estimate of drug-likeness (QED) is 0.648. The lowest BCUT2D eigenvalue weighted by Gasteiger charge is -2.27. The van der Waals surface area contributed by atoms with Gasteiger partial charge in [-0.05, 0) is 12.5 Å². The number of nitrogens with one attached hydrogen (secondary N) is 1. The van der Waals surface area contributed by atoms with Crippen LogP contribution in [0.5, 0.6) is 0 Å². The van der Waals surface area contributed by atoms with Crippen LogP contribution in [0.15, 0.2) is 30.3 Å². The van der Waals surface area contributed by atoms with Crippen LogP contribution in [0.1, 0.15) is 12.5 Å². The van der Waals surface area contributed by atoms with Gasteiger partial charge >= 0.3 is 12.1 Å². The van der Waals surface area contributed by atoms with Gasteiger partial charge in [0.05, 0.1) is 14.7 Å². The van der Waals surface area contributed by atoms with Gasteiger partial charge in [-0.1, -0.05) is 50.0 Å². The van der Waals surface area contributed by atoms with Gasteiger partial charge in [-0.3, -0.25) is 4.79 Å². The van der Waals surface area contributed by atoms with Crippen molar-refractivity contribution in [2.24, 2.45) is 0 Å². The summed E-state index contributed by atoms with van der Waals surface area (Å²) in [5.74, 6) is -0.395. The smallest absolute Gasteiger partial charge is 0.407 e. The molecule has 0 aliphatic heterocycles. The number of amides is 1. The highest BCUT2D eigenvalue weighted by Crippen LogP contribution is 2.10. The summed E-state index contributed by atoms with van der Waals surface area (Å²) in [5.41, 5.74) is 0.286. The van der Waals surface area contributed by atoms with Gasteiger partial charge in [-0.15, -0.1) is 0 Å². The van der Waals surface area contributed by atoms with Gasteiger partial charge in [-0.25, -0.2) is 4.79 Å². The Hall–Kier alpha value is -1.82. The Morgan fingerprint density at radius 2 is 1.76 bits per heavy atom. The van der Waals surface area contributed by atoms with E-state index in [1.165, 1.54) is 0 Å². The lowest BCUT2D eigenvalue weighted by Crippen LogP contribution is -2.56. The Kier molecular flexibility index (Phi) is 6.42. The van der Waals surface area contributed by atoms with Crippen molar-refractivity contribution in [2.45, 2.75) is 38.8 Å². The highest BCUT2D eigenvalue weighted by Gasteiger charge is 2.36. The highest BCUT2D eigenvalue weighted by atomic mass is 28.3. The van der Waals surface area contributed by atoms with E-state index in [0.29, 0.717) is 6.61 Å². The maximum absolute atomic E-state index is 11.9. The molecule has 0 aliphatic carbocycles. The zero-order chi connectivity index (χ0) is 15.9. The van der Waals surface area contributed by atoms with Crippen molar-refractivity contribution >= 4 is 20.1 Å². The zero-order valence-corrected chi connectivity index (χ0v) is 14.0. The van der Waals surface area contributed by atoms with Gasteiger partial charge in [0.2, 0.25) is 0 Å². The number of rotatable bonds is 6. The van der Waals surface area contributed by atoms with Crippen molar-refractivity contribution < 1.29 is 19.1 Å². The minimum atomic E-state index is -1.94. The normalized spacial score (nSPS) is 12.4. The second-order valence-electron chi connectivity index (χ2n) is 5.76. The lowest BCUT2D eigenvalue weighted by molar-refractivity contribution is -0.143. The molecule has 0 aliphatic rings. The molecule has 1 atom stereocenters. The molecule has 1 rings (SSSR count). The average Bonchev–Trinajstić information content (AvgIpc) is 2.42. The summed E-state index contributed by atoms with van der Waals surface area (Å²) < 4.78 is 10.2. The summed E-state index contributed by atoms with van der Waals surface area (Å²) >= 11 is 0. The molecule has 6 heteroatoms. The molecule has 21 heavy (non-hydrogen) atoms.